The van der Waals surface area contributed by atoms with E-state index in [1.54, 1.807) is 105 Å². The maximum absolute atomic E-state index is 12.2. The van der Waals surface area contributed by atoms with E-state index in [1.165, 1.54) is 0 Å². The summed E-state index contributed by atoms with van der Waals surface area (Å²) in [6.07, 6.45) is 0. The van der Waals surface area contributed by atoms with Gasteiger partial charge in [0, 0.05) is 57.3 Å². The van der Waals surface area contributed by atoms with Crippen LogP contribution in [0.3, 0.4) is 0 Å². The number of nitrogens with one attached hydrogen (secondary N) is 1. The van der Waals surface area contributed by atoms with E-state index in [1.807, 2.05) is 32.9 Å². The molecule has 0 heterocycles. The van der Waals surface area contributed by atoms with Crippen molar-refractivity contribution in [3.8, 4) is 0 Å². The Hall–Kier alpha value is -4.09. The van der Waals surface area contributed by atoms with Gasteiger partial charge in [-0.15, -0.1) is 0 Å². The molecule has 0 aliphatic carbocycles. The highest BCUT2D eigenvalue weighted by Gasteiger charge is 2.10. The molecule has 5 aromatic rings. The van der Waals surface area contributed by atoms with Crippen molar-refractivity contribution in [3.05, 3.63) is 161 Å². The number of benzene rings is 5. The van der Waals surface area contributed by atoms with Crippen molar-refractivity contribution in [2.24, 2.45) is 0 Å². The van der Waals surface area contributed by atoms with Gasteiger partial charge >= 0.3 is 17.9 Å². The van der Waals surface area contributed by atoms with Crippen LogP contribution in [-0.2, 0) is 18.7 Å². The fourth-order valence-electron chi connectivity index (χ4n) is 4.12. The number of ether oxygens (including phenoxy) is 2. The summed E-state index contributed by atoms with van der Waals surface area (Å²) in [7, 11) is 7.36. The van der Waals surface area contributed by atoms with Gasteiger partial charge in [-0.3, -0.25) is 9.59 Å². The highest BCUT2D eigenvalue weighted by molar-refractivity contribution is 9.11. The van der Waals surface area contributed by atoms with Gasteiger partial charge in [-0.05, 0) is 148 Å². The molecular weight excluding hydrogens is 1050 g/mol. The zero-order chi connectivity index (χ0) is 45.5. The molecule has 11 nitrogen and oxygen atoms in total. The maximum atomic E-state index is 12.2. The third-order valence-electron chi connectivity index (χ3n) is 7.33. The number of nitrogen functional groups attached to an aromatic ring is 1. The molecule has 0 atom stereocenters. The van der Waals surface area contributed by atoms with E-state index < -0.39 is 20.4 Å². The number of amides is 1. The highest BCUT2D eigenvalue weighted by atomic mass is 79.9. The summed E-state index contributed by atoms with van der Waals surface area (Å²) in [4.78, 5) is 55.9. The van der Waals surface area contributed by atoms with Crippen molar-refractivity contribution in [2.45, 2.75) is 34.6 Å². The number of carbonyl (C=O) groups is 5. The number of halogens is 6. The van der Waals surface area contributed by atoms with Crippen LogP contribution in [0.5, 0.6) is 0 Å². The molecule has 0 aliphatic heterocycles. The summed E-state index contributed by atoms with van der Waals surface area (Å²) in [6, 6.07) is 28.9. The smallest absolute Gasteiger partial charge is 0.338 e. The van der Waals surface area contributed by atoms with Gasteiger partial charge in [0.15, 0.2) is 0 Å². The zero-order valence-corrected chi connectivity index (χ0v) is 40.5. The standard InChI is InChI=1S/C17H16BrNO3.C9H11NO2.C8H6BrClO.C8H7BrO2.Cl2OS/c1-3-22-17(21)12-6-8-14(9-7-12)19-16(20)13-5-4-11(2)15(18)10-13;1-2-12-9(11)7-3-5-8(10)6-4-7;2*1-5-2-3-6(8(10)11)4-7(5)9;1-4(2)3/h4-10H,3H2,1-2H3,(H,19,20);3-6H,2,10H2,1H3;2-4H,1H3;2-4H,1H3,(H,10,11);. The van der Waals surface area contributed by atoms with E-state index in [-0.39, 0.29) is 17.8 Å². The number of nitrogens with two attached hydrogens (primary N) is 1. The van der Waals surface area contributed by atoms with E-state index >= 15 is 0 Å². The first-order chi connectivity index (χ1) is 28.2. The number of aryl methyl sites for hydroxylation is 3. The number of aromatic carboxylic acids is 1. The summed E-state index contributed by atoms with van der Waals surface area (Å²) in [6.45, 7) is 10.1. The lowest BCUT2D eigenvalue weighted by Gasteiger charge is -2.07. The molecule has 18 heteroatoms. The van der Waals surface area contributed by atoms with Gasteiger partial charge < -0.3 is 25.6 Å². The average molecular weight is 1090 g/mol. The van der Waals surface area contributed by atoms with Crippen LogP contribution in [0.1, 0.15) is 82.3 Å². The van der Waals surface area contributed by atoms with Gasteiger partial charge in [-0.2, -0.15) is 0 Å². The normalized spacial score (nSPS) is 9.73. The molecule has 0 aromatic heterocycles. The van der Waals surface area contributed by atoms with Crippen molar-refractivity contribution in [2.75, 3.05) is 24.3 Å². The zero-order valence-electron chi connectivity index (χ0n) is 32.7. The second-order valence-corrected chi connectivity index (χ2v) is 17.2. The van der Waals surface area contributed by atoms with Gasteiger partial charge in [0.2, 0.25) is 9.23 Å². The van der Waals surface area contributed by atoms with Crippen LogP contribution < -0.4 is 11.1 Å². The number of carboxylic acids is 1. The number of hydrogen-bond donors (Lipinski definition) is 3. The predicted octanol–water partition coefficient (Wildman–Crippen LogP) is 12.3. The average Bonchev–Trinajstić information content (AvgIpc) is 3.19. The Bertz CT molecular complexity index is 2200. The maximum Gasteiger partial charge on any atom is 0.338 e. The van der Waals surface area contributed by atoms with Crippen molar-refractivity contribution >= 4 is 130 Å². The molecular formula is C42H40Br3Cl3N2O9S. The Balaban J connectivity index is 0.000000407. The van der Waals surface area contributed by atoms with E-state index in [9.17, 15) is 24.0 Å². The Labute approximate surface area is 390 Å². The summed E-state index contributed by atoms with van der Waals surface area (Å²) in [5.41, 5.74) is 12.3. The van der Waals surface area contributed by atoms with Crippen molar-refractivity contribution < 1.29 is 42.8 Å². The molecule has 0 spiro atoms. The van der Waals surface area contributed by atoms with Crippen LogP contribution in [-0.4, -0.2) is 51.6 Å². The van der Waals surface area contributed by atoms with Crippen molar-refractivity contribution in [1.82, 2.24) is 0 Å². The summed E-state index contributed by atoms with van der Waals surface area (Å²) >= 11 is 15.2. The van der Waals surface area contributed by atoms with Crippen LogP contribution in [0.2, 0.25) is 0 Å². The van der Waals surface area contributed by atoms with Gasteiger partial charge in [0.25, 0.3) is 11.1 Å². The van der Waals surface area contributed by atoms with Gasteiger partial charge in [0.1, 0.15) is 0 Å². The first-order valence-corrected chi connectivity index (χ1v) is 22.8. The molecule has 0 unspecified atom stereocenters. The minimum atomic E-state index is -1.67. The Morgan fingerprint density at radius 2 is 0.950 bits per heavy atom. The molecule has 5 rings (SSSR count). The van der Waals surface area contributed by atoms with Crippen LogP contribution in [0.4, 0.5) is 11.4 Å². The number of carboxylic acid groups (broad SMARTS) is 1. The molecule has 0 aliphatic rings. The summed E-state index contributed by atoms with van der Waals surface area (Å²) in [5, 5.41) is 10.9. The SMILES string of the molecule is CCOC(=O)c1ccc(N)cc1.CCOC(=O)c1ccc(NC(=O)c2ccc(C)c(Br)c2)cc1.Cc1ccc(C(=O)Cl)cc1Br.Cc1ccc(C(=O)O)cc1Br.O=S(Cl)Cl. The topological polar surface area (TPSA) is 179 Å². The Morgan fingerprint density at radius 1 is 0.617 bits per heavy atom. The highest BCUT2D eigenvalue weighted by Crippen LogP contribution is 2.20. The quantitative estimate of drug-likeness (QED) is 0.0769. The fraction of sp³-hybridized carbons (Fsp3) is 0.167. The lowest BCUT2D eigenvalue weighted by Crippen LogP contribution is -2.12. The van der Waals surface area contributed by atoms with Crippen LogP contribution in [0, 0.1) is 20.8 Å². The number of esters is 2. The van der Waals surface area contributed by atoms with Gasteiger partial charge in [0.05, 0.1) is 29.9 Å². The summed E-state index contributed by atoms with van der Waals surface area (Å²) < 4.78 is 21.4. The van der Waals surface area contributed by atoms with Crippen LogP contribution in [0.25, 0.3) is 0 Å². The number of hydrogen-bond acceptors (Lipinski definition) is 9. The third kappa shape index (κ3) is 20.9. The third-order valence-corrected chi connectivity index (χ3v) is 10.1. The number of anilines is 2. The summed E-state index contributed by atoms with van der Waals surface area (Å²) in [5.74, 6) is -1.78. The molecule has 0 bridgehead atoms. The van der Waals surface area contributed by atoms with E-state index in [0.29, 0.717) is 52.4 Å². The first-order valence-electron chi connectivity index (χ1n) is 17.3. The Kier molecular flexibility index (Phi) is 25.6. The van der Waals surface area contributed by atoms with E-state index in [0.717, 1.165) is 30.1 Å². The molecule has 5 aromatic carbocycles. The molecule has 320 valence electrons. The molecule has 4 N–H and O–H groups in total. The lowest BCUT2D eigenvalue weighted by atomic mass is 10.1. The predicted molar refractivity (Wildman–Crippen MR) is 251 cm³/mol. The lowest BCUT2D eigenvalue weighted by molar-refractivity contribution is 0.0517. The van der Waals surface area contributed by atoms with Crippen molar-refractivity contribution in [1.29, 1.82) is 0 Å². The van der Waals surface area contributed by atoms with Gasteiger partial charge in [-0.25, -0.2) is 18.6 Å². The molecule has 1 amide bonds. The van der Waals surface area contributed by atoms with Crippen LogP contribution >= 0.6 is 80.8 Å². The molecule has 0 radical (unpaired) electrons. The fourth-order valence-corrected chi connectivity index (χ4v) is 5.37. The monoisotopic (exact) mass is 1090 g/mol. The van der Waals surface area contributed by atoms with Gasteiger partial charge in [-0.1, -0.05) is 66.0 Å². The first kappa shape index (κ1) is 53.9. The van der Waals surface area contributed by atoms with E-state index in [2.05, 4.69) is 74.5 Å². The minimum Gasteiger partial charge on any atom is -0.478 e. The molecule has 0 fully saturated rings. The molecule has 0 saturated carbocycles. The van der Waals surface area contributed by atoms with Crippen molar-refractivity contribution in [3.63, 3.8) is 0 Å². The molecule has 0 saturated heterocycles. The largest absolute Gasteiger partial charge is 0.478 e. The minimum absolute atomic E-state index is 0.204. The second-order valence-electron chi connectivity index (χ2n) is 11.7. The number of carbonyl (C=O) groups excluding carboxylic acids is 4. The van der Waals surface area contributed by atoms with E-state index in [4.69, 9.17) is 36.1 Å². The second kappa shape index (κ2) is 28.4. The number of rotatable bonds is 8. The Morgan fingerprint density at radius 3 is 1.32 bits per heavy atom. The van der Waals surface area contributed by atoms with Crippen LogP contribution in [0.15, 0.2) is 117 Å². The molecule has 60 heavy (non-hydrogen) atoms.